The van der Waals surface area contributed by atoms with Crippen LogP contribution in [-0.4, -0.2) is 37.9 Å². The number of ether oxygens (including phenoxy) is 2. The summed E-state index contributed by atoms with van der Waals surface area (Å²) in [6, 6.07) is 2.93. The molecule has 1 aromatic heterocycles. The molecule has 1 unspecified atom stereocenters. The van der Waals surface area contributed by atoms with Crippen molar-refractivity contribution in [3.8, 4) is 11.5 Å². The first-order valence-electron chi connectivity index (χ1n) is 9.84. The van der Waals surface area contributed by atoms with Crippen LogP contribution in [0.1, 0.15) is 56.2 Å². The fourth-order valence-corrected chi connectivity index (χ4v) is 4.27. The van der Waals surface area contributed by atoms with E-state index < -0.39 is 22.8 Å². The highest BCUT2D eigenvalue weighted by Gasteiger charge is 2.46. The number of carbonyl (C=O) groups excluding carboxylic acids is 1. The van der Waals surface area contributed by atoms with Gasteiger partial charge in [0.2, 0.25) is 0 Å². The number of halogens is 2. The van der Waals surface area contributed by atoms with Crippen LogP contribution in [0.2, 0.25) is 0 Å². The average Bonchev–Trinajstić information content (AvgIpc) is 3.23. The van der Waals surface area contributed by atoms with E-state index in [-0.39, 0.29) is 47.9 Å². The molecule has 31 heavy (non-hydrogen) atoms. The summed E-state index contributed by atoms with van der Waals surface area (Å²) in [6.07, 6.45) is -2.46. The molecule has 170 valence electrons. The minimum Gasteiger partial charge on any atom is -0.395 e. The van der Waals surface area contributed by atoms with Gasteiger partial charge in [-0.05, 0) is 35.1 Å². The molecule has 0 aliphatic carbocycles. The van der Waals surface area contributed by atoms with Crippen LogP contribution in [0.25, 0.3) is 0 Å². The number of hydrogen-bond donors (Lipinski definition) is 2. The minimum absolute atomic E-state index is 0.0639. The lowest BCUT2D eigenvalue weighted by Crippen LogP contribution is -2.26. The van der Waals surface area contributed by atoms with Crippen LogP contribution >= 0.6 is 0 Å². The van der Waals surface area contributed by atoms with E-state index in [0.29, 0.717) is 16.7 Å². The number of aliphatic hydroxyl groups is 1. The summed E-state index contributed by atoms with van der Waals surface area (Å²) in [5.74, 6) is -1.14. The second-order valence-corrected chi connectivity index (χ2v) is 8.97. The standard InChI is InChI=1S/C20H25F2N3O5S/c1-11(2)13-9-15-19(30-20(21,22)29-15)18(12(3)4)14(13)10-16(27)24-31(28)17-5-6-25(23-17)7-8-26/h5-6,9,11-12,26,31H,7-8,10H2,1-4H3. The molecule has 1 amide bonds. The van der Waals surface area contributed by atoms with Crippen LogP contribution in [0.5, 0.6) is 11.5 Å². The molecule has 1 aliphatic heterocycles. The summed E-state index contributed by atoms with van der Waals surface area (Å²) >= 11 is 0. The number of fused-ring (bicyclic) bond motifs is 1. The van der Waals surface area contributed by atoms with Crippen molar-refractivity contribution in [2.75, 3.05) is 6.61 Å². The lowest BCUT2D eigenvalue weighted by molar-refractivity contribution is -0.287. The van der Waals surface area contributed by atoms with Crippen molar-refractivity contribution in [2.45, 2.75) is 63.8 Å². The molecule has 0 spiro atoms. The van der Waals surface area contributed by atoms with Crippen molar-refractivity contribution in [3.63, 3.8) is 0 Å². The second-order valence-electron chi connectivity index (χ2n) is 7.77. The first-order chi connectivity index (χ1) is 14.5. The number of alkyl halides is 2. The third-order valence-corrected chi connectivity index (χ3v) is 5.79. The summed E-state index contributed by atoms with van der Waals surface area (Å²) in [6.45, 7) is 7.46. The predicted octanol–water partition coefficient (Wildman–Crippen LogP) is 3.24. The predicted molar refractivity (Wildman–Crippen MR) is 109 cm³/mol. The van der Waals surface area contributed by atoms with Gasteiger partial charge in [0, 0.05) is 11.8 Å². The van der Waals surface area contributed by atoms with Gasteiger partial charge in [0.15, 0.2) is 16.5 Å². The number of benzene rings is 1. The molecule has 1 aromatic carbocycles. The Hall–Kier alpha value is -2.53. The third-order valence-electron chi connectivity index (χ3n) is 4.76. The quantitative estimate of drug-likeness (QED) is 0.619. The van der Waals surface area contributed by atoms with Gasteiger partial charge in [-0.15, -0.1) is 8.78 Å². The van der Waals surface area contributed by atoms with Gasteiger partial charge in [-0.2, -0.15) is 9.46 Å². The van der Waals surface area contributed by atoms with Crippen molar-refractivity contribution in [1.29, 1.82) is 0 Å². The molecule has 1 aliphatic rings. The Balaban J connectivity index is 1.98. The normalized spacial score (nSPS) is 15.8. The van der Waals surface area contributed by atoms with Gasteiger partial charge in [0.1, 0.15) is 0 Å². The molecule has 0 fully saturated rings. The first-order valence-corrected chi connectivity index (χ1v) is 11.0. The molecular weight excluding hydrogens is 432 g/mol. The molecule has 0 bridgehead atoms. The van der Waals surface area contributed by atoms with Crippen molar-refractivity contribution in [1.82, 2.24) is 9.78 Å². The molecule has 3 rings (SSSR count). The van der Waals surface area contributed by atoms with E-state index in [2.05, 4.69) is 14.2 Å². The Morgan fingerprint density at radius 1 is 1.29 bits per heavy atom. The van der Waals surface area contributed by atoms with E-state index in [1.807, 2.05) is 13.8 Å². The Labute approximate surface area is 180 Å². The van der Waals surface area contributed by atoms with Crippen LogP contribution in [0, 0.1) is 0 Å². The van der Waals surface area contributed by atoms with Gasteiger partial charge >= 0.3 is 6.29 Å². The van der Waals surface area contributed by atoms with Gasteiger partial charge in [0.05, 0.1) is 30.2 Å². The van der Waals surface area contributed by atoms with Crippen molar-refractivity contribution in [2.24, 2.45) is 4.36 Å². The number of rotatable bonds is 7. The average molecular weight is 457 g/mol. The number of aliphatic hydroxyl groups excluding tert-OH is 1. The van der Waals surface area contributed by atoms with Crippen LogP contribution in [-0.2, 0) is 28.4 Å². The fraction of sp³-hybridized carbons (Fsp3) is 0.500. The molecular formula is C20H25F2N3O5S. The monoisotopic (exact) mass is 457 g/mol. The van der Waals surface area contributed by atoms with Crippen LogP contribution in [0.3, 0.4) is 0 Å². The maximum atomic E-state index is 13.7. The first kappa shape index (κ1) is 23.1. The number of carbonyl (C=O) groups is 1. The van der Waals surface area contributed by atoms with E-state index in [1.54, 1.807) is 13.8 Å². The van der Waals surface area contributed by atoms with Gasteiger partial charge in [0.25, 0.3) is 5.91 Å². The highest BCUT2D eigenvalue weighted by atomic mass is 32.2. The maximum Gasteiger partial charge on any atom is 0.586 e. The zero-order valence-corrected chi connectivity index (χ0v) is 18.5. The molecule has 8 nitrogen and oxygen atoms in total. The summed E-state index contributed by atoms with van der Waals surface area (Å²) in [5.41, 5.74) is 1.63. The maximum absolute atomic E-state index is 13.7. The number of thiol groups is 1. The molecule has 1 N–H and O–H groups in total. The number of amides is 1. The van der Waals surface area contributed by atoms with Gasteiger partial charge in [-0.25, -0.2) is 4.21 Å². The lowest BCUT2D eigenvalue weighted by atomic mass is 9.86. The topological polar surface area (TPSA) is 103 Å². The Morgan fingerprint density at radius 3 is 2.61 bits per heavy atom. The zero-order valence-electron chi connectivity index (χ0n) is 17.6. The molecule has 1 atom stereocenters. The number of hydrogen-bond acceptors (Lipinski definition) is 6. The van der Waals surface area contributed by atoms with E-state index in [9.17, 15) is 17.8 Å². The molecule has 0 saturated heterocycles. The molecule has 2 aromatic rings. The van der Waals surface area contributed by atoms with Gasteiger partial charge < -0.3 is 14.6 Å². The Kier molecular flexibility index (Phi) is 6.65. The summed E-state index contributed by atoms with van der Waals surface area (Å²) in [4.78, 5) is 12.7. The van der Waals surface area contributed by atoms with E-state index in [4.69, 9.17) is 9.84 Å². The van der Waals surface area contributed by atoms with Crippen LogP contribution in [0.15, 0.2) is 27.7 Å². The van der Waals surface area contributed by atoms with Crippen molar-refractivity contribution in [3.05, 3.63) is 35.0 Å². The van der Waals surface area contributed by atoms with Gasteiger partial charge in [-0.1, -0.05) is 27.7 Å². The van der Waals surface area contributed by atoms with Crippen LogP contribution in [0.4, 0.5) is 8.78 Å². The van der Waals surface area contributed by atoms with Gasteiger partial charge in [-0.3, -0.25) is 9.48 Å². The number of nitrogens with zero attached hydrogens (tertiary/aromatic N) is 3. The Bertz CT molecular complexity index is 1080. The van der Waals surface area contributed by atoms with Crippen LogP contribution < -0.4 is 9.47 Å². The smallest absolute Gasteiger partial charge is 0.395 e. The SMILES string of the molecule is CC(C)c1cc2c(c(C(C)C)c1CC(=O)/N=[SH](=O)/c1ccn(CCO)n1)OC(F)(F)O2. The molecule has 0 saturated carbocycles. The third kappa shape index (κ3) is 5.04. The molecule has 2 heterocycles. The summed E-state index contributed by atoms with van der Waals surface area (Å²) in [5, 5.41) is 13.1. The number of aromatic nitrogens is 2. The largest absolute Gasteiger partial charge is 0.586 e. The second kappa shape index (κ2) is 8.91. The van der Waals surface area contributed by atoms with Crippen molar-refractivity contribution >= 4 is 16.5 Å². The van der Waals surface area contributed by atoms with E-state index in [1.165, 1.54) is 23.0 Å². The molecule has 11 heteroatoms. The van der Waals surface area contributed by atoms with Crippen molar-refractivity contribution < 1.29 is 32.4 Å². The van der Waals surface area contributed by atoms with E-state index in [0.717, 1.165) is 0 Å². The zero-order chi connectivity index (χ0) is 22.9. The minimum atomic E-state index is -3.77. The lowest BCUT2D eigenvalue weighted by Gasteiger charge is -2.20. The highest BCUT2D eigenvalue weighted by molar-refractivity contribution is 7.75. The molecule has 0 radical (unpaired) electrons. The Morgan fingerprint density at radius 2 is 2.00 bits per heavy atom. The fourth-order valence-electron chi connectivity index (χ4n) is 3.51. The highest BCUT2D eigenvalue weighted by Crippen LogP contribution is 2.49. The summed E-state index contributed by atoms with van der Waals surface area (Å²) < 4.78 is 54.4. The van der Waals surface area contributed by atoms with E-state index >= 15 is 0 Å². The summed E-state index contributed by atoms with van der Waals surface area (Å²) in [7, 11) is -2.44.